The molecular formula is C53H104O3Si. The third-order valence-corrected chi connectivity index (χ3v) is 18.3. The fraction of sp³-hybridized carbons (Fsp3) is 0.943. The molecule has 0 heterocycles. The van der Waals surface area contributed by atoms with Crippen molar-refractivity contribution in [2.45, 2.75) is 297 Å². The van der Waals surface area contributed by atoms with Crippen molar-refractivity contribution in [3.8, 4) is 0 Å². The molecule has 0 spiro atoms. The van der Waals surface area contributed by atoms with Crippen LogP contribution in [0.4, 0.5) is 0 Å². The average Bonchev–Trinajstić information content (AvgIpc) is 3.93. The molecule has 1 fully saturated rings. The maximum atomic E-state index is 11.5. The molecule has 57 heavy (non-hydrogen) atoms. The molecule has 0 aromatic heterocycles. The van der Waals surface area contributed by atoms with Gasteiger partial charge in [-0.3, -0.25) is 4.79 Å². The van der Waals surface area contributed by atoms with Gasteiger partial charge < -0.3 is 9.16 Å². The number of rotatable bonds is 42. The lowest BCUT2D eigenvalue weighted by Crippen LogP contribution is -2.45. The molecule has 1 aliphatic rings. The molecule has 0 N–H and O–H groups in total. The normalized spacial score (nSPS) is 17.1. The number of hydrogen-bond acceptors (Lipinski definition) is 3. The van der Waals surface area contributed by atoms with Crippen LogP contribution in [0.25, 0.3) is 0 Å². The molecule has 1 saturated carbocycles. The van der Waals surface area contributed by atoms with Crippen LogP contribution in [-0.4, -0.2) is 27.0 Å². The van der Waals surface area contributed by atoms with E-state index in [1.807, 2.05) is 6.92 Å². The zero-order chi connectivity index (χ0) is 41.9. The first-order chi connectivity index (χ1) is 27.5. The van der Waals surface area contributed by atoms with Gasteiger partial charge in [0, 0.05) is 12.5 Å². The highest BCUT2D eigenvalue weighted by Crippen LogP contribution is 2.40. The molecule has 0 bridgehead atoms. The highest BCUT2D eigenvalue weighted by Gasteiger charge is 2.40. The van der Waals surface area contributed by atoms with Gasteiger partial charge in [0.25, 0.3) is 0 Å². The smallest absolute Gasteiger partial charge is 0.305 e. The molecule has 0 aromatic rings. The van der Waals surface area contributed by atoms with Crippen LogP contribution >= 0.6 is 0 Å². The SMILES string of the molecule is CCCCCCCCCCCCCCCCCC[C@H](C)[C@H](CCCCCCCCCCCCCCCCC=CC1CC1COC(=O)CCC)O[Si](C)(C)C(C)(C)C. The quantitative estimate of drug-likeness (QED) is 0.0266. The summed E-state index contributed by atoms with van der Waals surface area (Å²) in [5.41, 5.74) is 0. The Hall–Kier alpha value is -0.613. The molecule has 0 aromatic carbocycles. The maximum Gasteiger partial charge on any atom is 0.305 e. The fourth-order valence-corrected chi connectivity index (χ4v) is 9.85. The summed E-state index contributed by atoms with van der Waals surface area (Å²) in [5.74, 6) is 1.89. The van der Waals surface area contributed by atoms with E-state index in [2.05, 4.69) is 59.9 Å². The van der Waals surface area contributed by atoms with Crippen molar-refractivity contribution in [1.82, 2.24) is 0 Å². The second kappa shape index (κ2) is 36.1. The molecule has 4 atom stereocenters. The summed E-state index contributed by atoms with van der Waals surface area (Å²) in [6.45, 7) is 19.6. The van der Waals surface area contributed by atoms with Crippen LogP contribution in [-0.2, 0) is 14.0 Å². The largest absolute Gasteiger partial charge is 0.465 e. The van der Waals surface area contributed by atoms with E-state index in [1.165, 1.54) is 218 Å². The molecular weight excluding hydrogens is 713 g/mol. The van der Waals surface area contributed by atoms with Gasteiger partial charge in [0.2, 0.25) is 0 Å². The van der Waals surface area contributed by atoms with Crippen molar-refractivity contribution in [2.24, 2.45) is 17.8 Å². The summed E-state index contributed by atoms with van der Waals surface area (Å²) < 4.78 is 12.5. The average molecular weight is 817 g/mol. The van der Waals surface area contributed by atoms with Gasteiger partial charge in [0.05, 0.1) is 6.61 Å². The first kappa shape index (κ1) is 54.4. The molecule has 338 valence electrons. The Kier molecular flexibility index (Phi) is 34.4. The first-order valence-corrected chi connectivity index (χ1v) is 28.9. The fourth-order valence-electron chi connectivity index (χ4n) is 8.39. The van der Waals surface area contributed by atoms with E-state index in [0.717, 1.165) is 6.42 Å². The lowest BCUT2D eigenvalue weighted by molar-refractivity contribution is -0.144. The molecule has 4 heteroatoms. The van der Waals surface area contributed by atoms with Crippen molar-refractivity contribution in [2.75, 3.05) is 6.61 Å². The lowest BCUT2D eigenvalue weighted by atomic mass is 9.93. The molecule has 0 saturated heterocycles. The molecule has 3 nitrogen and oxygen atoms in total. The number of carbonyl (C=O) groups is 1. The van der Waals surface area contributed by atoms with Gasteiger partial charge in [-0.15, -0.1) is 0 Å². The topological polar surface area (TPSA) is 35.5 Å². The molecule has 1 aliphatic carbocycles. The van der Waals surface area contributed by atoms with E-state index in [0.29, 0.717) is 36.9 Å². The van der Waals surface area contributed by atoms with Crippen LogP contribution in [0.15, 0.2) is 12.2 Å². The van der Waals surface area contributed by atoms with Crippen LogP contribution in [0.3, 0.4) is 0 Å². The van der Waals surface area contributed by atoms with Gasteiger partial charge in [-0.1, -0.05) is 240 Å². The van der Waals surface area contributed by atoms with Crippen molar-refractivity contribution in [3.63, 3.8) is 0 Å². The van der Waals surface area contributed by atoms with Crippen LogP contribution in [0.1, 0.15) is 273 Å². The maximum absolute atomic E-state index is 11.5. The Bertz CT molecular complexity index is 922. The summed E-state index contributed by atoms with van der Waals surface area (Å²) in [6, 6.07) is 0. The Labute approximate surface area is 360 Å². The summed E-state index contributed by atoms with van der Waals surface area (Å²) >= 11 is 0. The number of ether oxygens (including phenoxy) is 1. The van der Waals surface area contributed by atoms with E-state index in [4.69, 9.17) is 9.16 Å². The Morgan fingerprint density at radius 2 is 1.00 bits per heavy atom. The minimum atomic E-state index is -1.76. The minimum Gasteiger partial charge on any atom is -0.465 e. The summed E-state index contributed by atoms with van der Waals surface area (Å²) in [6.07, 6.45) is 54.4. The molecule has 0 radical (unpaired) electrons. The summed E-state index contributed by atoms with van der Waals surface area (Å²) in [7, 11) is -1.76. The van der Waals surface area contributed by atoms with E-state index in [1.54, 1.807) is 0 Å². The molecule has 1 rings (SSSR count). The van der Waals surface area contributed by atoms with Crippen LogP contribution in [0.2, 0.25) is 18.1 Å². The van der Waals surface area contributed by atoms with E-state index >= 15 is 0 Å². The van der Waals surface area contributed by atoms with Gasteiger partial charge in [0.1, 0.15) is 0 Å². The first-order valence-electron chi connectivity index (χ1n) is 26.0. The Morgan fingerprint density at radius 3 is 1.42 bits per heavy atom. The van der Waals surface area contributed by atoms with Crippen LogP contribution in [0.5, 0.6) is 0 Å². The predicted molar refractivity (Wildman–Crippen MR) is 256 cm³/mol. The van der Waals surface area contributed by atoms with Gasteiger partial charge in [0.15, 0.2) is 8.32 Å². The molecule has 2 unspecified atom stereocenters. The number of carbonyl (C=O) groups excluding carboxylic acids is 1. The Balaban J connectivity index is 2.03. The number of allylic oxidation sites excluding steroid dienone is 2. The third-order valence-electron chi connectivity index (χ3n) is 13.8. The number of esters is 1. The summed E-state index contributed by atoms with van der Waals surface area (Å²) in [4.78, 5) is 11.5. The zero-order valence-corrected chi connectivity index (χ0v) is 41.4. The van der Waals surface area contributed by atoms with Crippen molar-refractivity contribution < 1.29 is 14.0 Å². The highest BCUT2D eigenvalue weighted by molar-refractivity contribution is 6.74. The monoisotopic (exact) mass is 817 g/mol. The van der Waals surface area contributed by atoms with E-state index in [9.17, 15) is 4.79 Å². The van der Waals surface area contributed by atoms with E-state index in [-0.39, 0.29) is 11.0 Å². The van der Waals surface area contributed by atoms with E-state index < -0.39 is 8.32 Å². The third kappa shape index (κ3) is 31.9. The van der Waals surface area contributed by atoms with Crippen molar-refractivity contribution in [3.05, 3.63) is 12.2 Å². The van der Waals surface area contributed by atoms with Crippen molar-refractivity contribution in [1.29, 1.82) is 0 Å². The predicted octanol–water partition coefficient (Wildman–Crippen LogP) is 18.4. The summed E-state index contributed by atoms with van der Waals surface area (Å²) in [5, 5.41) is 0.284. The van der Waals surface area contributed by atoms with Crippen molar-refractivity contribution >= 4 is 14.3 Å². The Morgan fingerprint density at radius 1 is 0.596 bits per heavy atom. The molecule has 0 aliphatic heterocycles. The number of unbranched alkanes of at least 4 members (excludes halogenated alkanes) is 29. The standard InChI is InChI=1S/C53H104O3Si/c1-9-11-12-13-14-15-16-17-18-21-24-27-30-33-36-39-43-48(3)51(56-57(7,8)53(4,5)6)45-41-38-35-32-29-26-23-20-19-22-25-28-31-34-37-40-44-49-46-50(49)47-55-52(54)42-10-2/h40,44,48-51H,9-39,41-43,45-47H2,1-8H3/t48-,49?,50?,51-/m0/s1. The van der Waals surface area contributed by atoms with Gasteiger partial charge in [-0.2, -0.15) is 0 Å². The highest BCUT2D eigenvalue weighted by atomic mass is 28.4. The zero-order valence-electron chi connectivity index (χ0n) is 40.4. The lowest BCUT2D eigenvalue weighted by Gasteiger charge is -2.41. The van der Waals surface area contributed by atoms with Crippen LogP contribution < -0.4 is 0 Å². The van der Waals surface area contributed by atoms with Crippen LogP contribution in [0, 0.1) is 17.8 Å². The van der Waals surface area contributed by atoms with Gasteiger partial charge in [-0.05, 0) is 74.4 Å². The molecule has 0 amide bonds. The van der Waals surface area contributed by atoms with Gasteiger partial charge in [-0.25, -0.2) is 0 Å². The second-order valence-electron chi connectivity index (χ2n) is 20.5. The van der Waals surface area contributed by atoms with Gasteiger partial charge >= 0.3 is 5.97 Å². The minimum absolute atomic E-state index is 0.0273. The second-order valence-corrected chi connectivity index (χ2v) is 25.3. The number of hydrogen-bond donors (Lipinski definition) is 0.